The number of hydrogen-bond acceptors (Lipinski definition) is 9. The number of aliphatic hydroxyl groups excluding tert-OH is 5. The van der Waals surface area contributed by atoms with Crippen LogP contribution >= 0.6 is 0 Å². The molecule has 5 atom stereocenters. The molecule has 2 rings (SSSR count). The van der Waals surface area contributed by atoms with Crippen LogP contribution in [0.2, 0.25) is 0 Å². The van der Waals surface area contributed by atoms with Crippen molar-refractivity contribution in [1.82, 2.24) is 0 Å². The second kappa shape index (κ2) is 9.17. The molecule has 1 aromatic carbocycles. The number of hydrogen-bond donors (Lipinski definition) is 5. The fraction of sp³-hybridized carbons (Fsp3) is 0.529. The summed E-state index contributed by atoms with van der Waals surface area (Å²) >= 11 is 0. The van der Waals surface area contributed by atoms with Gasteiger partial charge >= 0.3 is 0 Å². The zero-order valence-corrected chi connectivity index (χ0v) is 14.5. The number of rotatable bonds is 7. The minimum absolute atomic E-state index is 0.112. The van der Waals surface area contributed by atoms with Crippen LogP contribution < -0.4 is 14.2 Å². The summed E-state index contributed by atoms with van der Waals surface area (Å²) in [7, 11) is 2.82. The maximum atomic E-state index is 10.1. The standard InChI is InChI=1S/C17H24O9/c1-23-10-6-9(4-3-5-18)7-11(24-2)16(10)26-17-15(22)14(21)13(20)12(8-19)25-17/h3-4,6-7,12-15,17-22H,5,8H2,1-2H3/t12-,13-,14+,15+,17+/m1/s1. The van der Waals surface area contributed by atoms with Gasteiger partial charge in [0.15, 0.2) is 11.5 Å². The molecule has 0 radical (unpaired) electrons. The van der Waals surface area contributed by atoms with Crippen molar-refractivity contribution >= 4 is 6.08 Å². The Kier molecular flexibility index (Phi) is 7.21. The Bertz CT molecular complexity index is 591. The van der Waals surface area contributed by atoms with Gasteiger partial charge in [-0.05, 0) is 17.7 Å². The van der Waals surface area contributed by atoms with Gasteiger partial charge in [0, 0.05) is 0 Å². The fourth-order valence-corrected chi connectivity index (χ4v) is 2.58. The van der Waals surface area contributed by atoms with Gasteiger partial charge < -0.3 is 44.5 Å². The average Bonchev–Trinajstić information content (AvgIpc) is 2.66. The molecule has 0 amide bonds. The highest BCUT2D eigenvalue weighted by molar-refractivity contribution is 5.62. The van der Waals surface area contributed by atoms with E-state index in [2.05, 4.69) is 0 Å². The second-order valence-corrected chi connectivity index (χ2v) is 5.65. The summed E-state index contributed by atoms with van der Waals surface area (Å²) in [4.78, 5) is 0. The summed E-state index contributed by atoms with van der Waals surface area (Å²) in [6.45, 7) is -0.697. The molecule has 0 spiro atoms. The average molecular weight is 372 g/mol. The van der Waals surface area contributed by atoms with Gasteiger partial charge in [0.05, 0.1) is 27.4 Å². The van der Waals surface area contributed by atoms with Crippen LogP contribution in [0.25, 0.3) is 6.08 Å². The van der Waals surface area contributed by atoms with Crippen LogP contribution in [0.3, 0.4) is 0 Å². The molecule has 5 N–H and O–H groups in total. The molecule has 1 aliphatic heterocycles. The third kappa shape index (κ3) is 4.26. The molecule has 0 aliphatic carbocycles. The third-order valence-electron chi connectivity index (χ3n) is 3.98. The van der Waals surface area contributed by atoms with Crippen molar-refractivity contribution in [1.29, 1.82) is 0 Å². The maximum absolute atomic E-state index is 10.1. The monoisotopic (exact) mass is 372 g/mol. The van der Waals surface area contributed by atoms with Crippen LogP contribution in [0, 0.1) is 0 Å². The van der Waals surface area contributed by atoms with Gasteiger partial charge in [-0.25, -0.2) is 0 Å². The fourth-order valence-electron chi connectivity index (χ4n) is 2.58. The van der Waals surface area contributed by atoms with E-state index in [1.165, 1.54) is 20.3 Å². The number of ether oxygens (including phenoxy) is 4. The Morgan fingerprint density at radius 2 is 1.62 bits per heavy atom. The van der Waals surface area contributed by atoms with E-state index >= 15 is 0 Å². The smallest absolute Gasteiger partial charge is 0.229 e. The Morgan fingerprint density at radius 3 is 2.12 bits per heavy atom. The molecule has 146 valence electrons. The lowest BCUT2D eigenvalue weighted by molar-refractivity contribution is -0.277. The van der Waals surface area contributed by atoms with Crippen LogP contribution in [0.15, 0.2) is 18.2 Å². The molecule has 1 fully saturated rings. The molecule has 1 saturated heterocycles. The first kappa shape index (κ1) is 20.4. The molecule has 1 aliphatic rings. The molecular formula is C17H24O9. The van der Waals surface area contributed by atoms with Crippen LogP contribution in [0.5, 0.6) is 17.2 Å². The Balaban J connectivity index is 2.33. The first-order chi connectivity index (χ1) is 12.5. The van der Waals surface area contributed by atoms with E-state index in [0.29, 0.717) is 5.56 Å². The van der Waals surface area contributed by atoms with Gasteiger partial charge in [0.2, 0.25) is 12.0 Å². The predicted molar refractivity (Wildman–Crippen MR) is 90.1 cm³/mol. The summed E-state index contributed by atoms with van der Waals surface area (Å²) < 4.78 is 21.6. The Morgan fingerprint density at radius 1 is 1.00 bits per heavy atom. The van der Waals surface area contributed by atoms with E-state index in [-0.39, 0.29) is 23.9 Å². The maximum Gasteiger partial charge on any atom is 0.229 e. The minimum atomic E-state index is -1.56. The summed E-state index contributed by atoms with van der Waals surface area (Å²) in [5, 5.41) is 48.0. The van der Waals surface area contributed by atoms with Gasteiger partial charge in [-0.15, -0.1) is 0 Å². The van der Waals surface area contributed by atoms with E-state index < -0.39 is 37.3 Å². The van der Waals surface area contributed by atoms with E-state index in [1.54, 1.807) is 18.2 Å². The lowest BCUT2D eigenvalue weighted by Crippen LogP contribution is -2.60. The lowest BCUT2D eigenvalue weighted by Gasteiger charge is -2.39. The largest absolute Gasteiger partial charge is 0.493 e. The van der Waals surface area contributed by atoms with Gasteiger partial charge in [-0.2, -0.15) is 0 Å². The molecule has 1 aromatic rings. The van der Waals surface area contributed by atoms with Gasteiger partial charge in [0.1, 0.15) is 24.4 Å². The van der Waals surface area contributed by atoms with Crippen molar-refractivity contribution in [3.63, 3.8) is 0 Å². The molecular weight excluding hydrogens is 348 g/mol. The Labute approximate surface area is 150 Å². The molecule has 9 heteroatoms. The molecule has 1 heterocycles. The molecule has 0 saturated carbocycles. The number of aliphatic hydroxyl groups is 5. The molecule has 0 bridgehead atoms. The SMILES string of the molecule is COc1cc(C=CCO)cc(OC)c1O[C@@H]1O[C@H](CO)[C@@H](O)[C@H](O)[C@@H]1O. The normalized spacial score (nSPS) is 29.0. The summed E-state index contributed by atoms with van der Waals surface area (Å²) in [5.41, 5.74) is 0.675. The topological polar surface area (TPSA) is 138 Å². The summed E-state index contributed by atoms with van der Waals surface area (Å²) in [5.74, 6) is 0.637. The molecule has 0 unspecified atom stereocenters. The van der Waals surface area contributed by atoms with Crippen LogP contribution in [-0.4, -0.2) is 83.7 Å². The minimum Gasteiger partial charge on any atom is -0.493 e. The van der Waals surface area contributed by atoms with Gasteiger partial charge in [-0.1, -0.05) is 12.2 Å². The first-order valence-electron chi connectivity index (χ1n) is 7.97. The van der Waals surface area contributed by atoms with Crippen LogP contribution in [-0.2, 0) is 4.74 Å². The third-order valence-corrected chi connectivity index (χ3v) is 3.98. The summed E-state index contributed by atoms with van der Waals surface area (Å²) in [6, 6.07) is 3.24. The van der Waals surface area contributed by atoms with E-state index in [0.717, 1.165) is 0 Å². The van der Waals surface area contributed by atoms with E-state index in [1.807, 2.05) is 0 Å². The highest BCUT2D eigenvalue weighted by Gasteiger charge is 2.45. The first-order valence-corrected chi connectivity index (χ1v) is 7.97. The molecule has 0 aromatic heterocycles. The number of benzene rings is 1. The number of methoxy groups -OCH3 is 2. The zero-order chi connectivity index (χ0) is 19.3. The van der Waals surface area contributed by atoms with Crippen molar-refractivity contribution in [2.45, 2.75) is 30.7 Å². The van der Waals surface area contributed by atoms with Crippen molar-refractivity contribution < 1.29 is 44.5 Å². The molecule has 26 heavy (non-hydrogen) atoms. The van der Waals surface area contributed by atoms with E-state index in [9.17, 15) is 20.4 Å². The zero-order valence-electron chi connectivity index (χ0n) is 14.5. The van der Waals surface area contributed by atoms with Crippen molar-refractivity contribution in [2.24, 2.45) is 0 Å². The van der Waals surface area contributed by atoms with Crippen molar-refractivity contribution in [3.8, 4) is 17.2 Å². The van der Waals surface area contributed by atoms with Gasteiger partial charge in [-0.3, -0.25) is 0 Å². The highest BCUT2D eigenvalue weighted by atomic mass is 16.7. The quantitative estimate of drug-likeness (QED) is 0.403. The second-order valence-electron chi connectivity index (χ2n) is 5.65. The summed E-state index contributed by atoms with van der Waals surface area (Å²) in [6.07, 6.45) is -3.88. The van der Waals surface area contributed by atoms with Gasteiger partial charge in [0.25, 0.3) is 0 Å². The lowest BCUT2D eigenvalue weighted by atomic mass is 9.99. The van der Waals surface area contributed by atoms with Crippen LogP contribution in [0.4, 0.5) is 0 Å². The highest BCUT2D eigenvalue weighted by Crippen LogP contribution is 2.40. The Hall–Kier alpha value is -1.88. The molecule has 9 nitrogen and oxygen atoms in total. The van der Waals surface area contributed by atoms with Crippen LogP contribution in [0.1, 0.15) is 5.56 Å². The van der Waals surface area contributed by atoms with Crippen molar-refractivity contribution in [3.05, 3.63) is 23.8 Å². The van der Waals surface area contributed by atoms with E-state index in [4.69, 9.17) is 24.1 Å². The van der Waals surface area contributed by atoms with Crippen molar-refractivity contribution in [2.75, 3.05) is 27.4 Å². The predicted octanol–water partition coefficient (Wildman–Crippen LogP) is -1.11.